The summed E-state index contributed by atoms with van der Waals surface area (Å²) in [5.74, 6) is 0.869. The van der Waals surface area contributed by atoms with E-state index in [-0.39, 0.29) is 47.6 Å². The number of nitrogens with one attached hydrogen (secondary N) is 1. The fraction of sp³-hybridized carbons (Fsp3) is 0.645. The first-order valence-corrected chi connectivity index (χ1v) is 14.6. The smallest absolute Gasteiger partial charge is 0.243 e. The van der Waals surface area contributed by atoms with Crippen molar-refractivity contribution in [3.05, 3.63) is 29.5 Å². The third kappa shape index (κ3) is 5.14. The van der Waals surface area contributed by atoms with Gasteiger partial charge in [0.25, 0.3) is 0 Å². The van der Waals surface area contributed by atoms with Gasteiger partial charge >= 0.3 is 0 Å². The Balaban J connectivity index is 1.56. The zero-order valence-corrected chi connectivity index (χ0v) is 23.5. The molecule has 3 atom stereocenters. The van der Waals surface area contributed by atoms with Crippen molar-refractivity contribution in [2.75, 3.05) is 13.1 Å². The number of nitrogens with zero attached hydrogens (tertiary/aromatic N) is 2. The number of aryl methyl sites for hydroxylation is 1. The number of benzene rings is 1. The summed E-state index contributed by atoms with van der Waals surface area (Å²) in [6.07, 6.45) is 10.6. The van der Waals surface area contributed by atoms with Crippen LogP contribution in [-0.4, -0.2) is 58.2 Å². The van der Waals surface area contributed by atoms with Gasteiger partial charge in [-0.1, -0.05) is 26.2 Å². The van der Waals surface area contributed by atoms with Gasteiger partial charge < -0.3 is 19.5 Å². The van der Waals surface area contributed by atoms with Crippen molar-refractivity contribution >= 4 is 28.4 Å². The fourth-order valence-corrected chi connectivity index (χ4v) is 6.85. The van der Waals surface area contributed by atoms with Crippen LogP contribution in [0.1, 0.15) is 95.0 Å². The van der Waals surface area contributed by atoms with E-state index in [0.717, 1.165) is 73.8 Å². The second-order valence-corrected chi connectivity index (χ2v) is 12.0. The van der Waals surface area contributed by atoms with Crippen LogP contribution in [-0.2, 0) is 22.6 Å². The summed E-state index contributed by atoms with van der Waals surface area (Å²) in [5.41, 5.74) is 2.71. The normalized spacial score (nSPS) is 26.3. The lowest BCUT2D eigenvalue weighted by molar-refractivity contribution is -0.139. The lowest BCUT2D eigenvalue weighted by Gasteiger charge is -2.27. The summed E-state index contributed by atoms with van der Waals surface area (Å²) >= 11 is 0. The van der Waals surface area contributed by atoms with Crippen LogP contribution in [0, 0.1) is 5.41 Å². The quantitative estimate of drug-likeness (QED) is 0.556. The summed E-state index contributed by atoms with van der Waals surface area (Å²) in [6, 6.07) is 3.83. The zero-order chi connectivity index (χ0) is 27.0. The average Bonchev–Trinajstić information content (AvgIpc) is 3.27. The van der Waals surface area contributed by atoms with Gasteiger partial charge in [-0.2, -0.15) is 0 Å². The van der Waals surface area contributed by atoms with Crippen molar-refractivity contribution < 1.29 is 19.1 Å². The van der Waals surface area contributed by atoms with E-state index < -0.39 is 0 Å². The number of hydrogen-bond acceptors (Lipinski definition) is 5. The average molecular weight is 522 g/mol. The number of carbonyl (C=O) groups is 3. The Morgan fingerprint density at radius 1 is 1.13 bits per heavy atom. The molecule has 1 saturated carbocycles. The molecule has 3 heterocycles. The van der Waals surface area contributed by atoms with Gasteiger partial charge in [0.2, 0.25) is 5.91 Å². The molecular weight excluding hydrogens is 478 g/mol. The van der Waals surface area contributed by atoms with Gasteiger partial charge in [-0.05, 0) is 77.1 Å². The highest BCUT2D eigenvalue weighted by Crippen LogP contribution is 2.59. The van der Waals surface area contributed by atoms with E-state index in [9.17, 15) is 14.4 Å². The maximum absolute atomic E-state index is 13.9. The monoisotopic (exact) mass is 521 g/mol. The van der Waals surface area contributed by atoms with E-state index in [1.165, 1.54) is 12.8 Å². The highest BCUT2D eigenvalue weighted by atomic mass is 16.5. The van der Waals surface area contributed by atoms with Crippen LogP contribution in [0.3, 0.4) is 0 Å². The Kier molecular flexibility index (Phi) is 7.67. The summed E-state index contributed by atoms with van der Waals surface area (Å²) in [6.45, 7) is 9.47. The summed E-state index contributed by atoms with van der Waals surface area (Å²) in [4.78, 5) is 41.5. The molecule has 5 rings (SSSR count). The molecule has 1 aromatic carbocycles. The van der Waals surface area contributed by atoms with E-state index in [1.54, 1.807) is 6.92 Å². The van der Waals surface area contributed by atoms with Gasteiger partial charge in [0.1, 0.15) is 12.3 Å². The number of Topliss-reactive ketones (excluding diaryl/α,β-unsaturated/α-hetero) is 2. The van der Waals surface area contributed by atoms with E-state index in [0.29, 0.717) is 12.0 Å². The Morgan fingerprint density at radius 3 is 2.63 bits per heavy atom. The summed E-state index contributed by atoms with van der Waals surface area (Å²) in [5, 5.41) is 4.49. The number of hydrogen-bond donors (Lipinski definition) is 1. The highest BCUT2D eigenvalue weighted by molar-refractivity contribution is 6.08. The van der Waals surface area contributed by atoms with E-state index in [2.05, 4.69) is 11.4 Å². The van der Waals surface area contributed by atoms with Gasteiger partial charge in [0, 0.05) is 41.6 Å². The third-order valence-electron chi connectivity index (χ3n) is 8.78. The Labute approximate surface area is 226 Å². The first-order valence-electron chi connectivity index (χ1n) is 14.6. The van der Waals surface area contributed by atoms with Crippen molar-refractivity contribution in [2.24, 2.45) is 5.41 Å². The minimum absolute atomic E-state index is 0.0223. The van der Waals surface area contributed by atoms with Gasteiger partial charge in [-0.15, -0.1) is 0 Å². The molecule has 1 saturated heterocycles. The van der Waals surface area contributed by atoms with Crippen LogP contribution >= 0.6 is 0 Å². The van der Waals surface area contributed by atoms with E-state index in [4.69, 9.17) is 4.74 Å². The van der Waals surface area contributed by atoms with Crippen molar-refractivity contribution in [3.63, 3.8) is 0 Å². The first kappa shape index (κ1) is 26.9. The zero-order valence-electron chi connectivity index (χ0n) is 23.5. The second-order valence-electron chi connectivity index (χ2n) is 12.0. The number of aromatic nitrogens is 1. The van der Waals surface area contributed by atoms with Gasteiger partial charge in [-0.3, -0.25) is 14.4 Å². The second kappa shape index (κ2) is 10.8. The minimum atomic E-state index is -0.341. The number of carbonyl (C=O) groups excluding carboxylic acids is 3. The molecule has 0 spiro atoms. The molecule has 1 aliphatic carbocycles. The molecule has 1 amide bonds. The predicted molar refractivity (Wildman–Crippen MR) is 149 cm³/mol. The van der Waals surface area contributed by atoms with Crippen molar-refractivity contribution in [1.29, 1.82) is 0 Å². The minimum Gasteiger partial charge on any atom is -0.491 e. The Hall–Kier alpha value is -2.67. The number of ether oxygens (including phenoxy) is 1. The molecule has 2 bridgehead atoms. The third-order valence-corrected chi connectivity index (χ3v) is 8.78. The maximum atomic E-state index is 13.9. The Morgan fingerprint density at radius 2 is 1.89 bits per heavy atom. The summed E-state index contributed by atoms with van der Waals surface area (Å²) < 4.78 is 8.05. The van der Waals surface area contributed by atoms with Crippen LogP contribution in [0.25, 0.3) is 10.9 Å². The SMILES string of the molecule is CCC(=O)[C@@H]1C[C@]23CNCCCCCCCc4cc(OC(C)C)cc5c(C(C)=O)cn(c45)CC(=O)N1[C@@H]2C3. The number of ketones is 2. The summed E-state index contributed by atoms with van der Waals surface area (Å²) in [7, 11) is 0. The molecule has 2 aromatic rings. The number of piperidine rings is 1. The van der Waals surface area contributed by atoms with Crippen molar-refractivity contribution in [2.45, 2.75) is 110 Å². The molecule has 1 N–H and O–H groups in total. The van der Waals surface area contributed by atoms with Gasteiger partial charge in [-0.25, -0.2) is 0 Å². The molecular formula is C31H43N3O4. The molecule has 0 unspecified atom stereocenters. The van der Waals surface area contributed by atoms with Crippen LogP contribution in [0.2, 0.25) is 0 Å². The van der Waals surface area contributed by atoms with Crippen LogP contribution < -0.4 is 10.1 Å². The topological polar surface area (TPSA) is 80.6 Å². The van der Waals surface area contributed by atoms with E-state index in [1.807, 2.05) is 42.5 Å². The molecule has 7 heteroatoms. The largest absolute Gasteiger partial charge is 0.491 e. The lowest BCUT2D eigenvalue weighted by atomic mass is 9.96. The van der Waals surface area contributed by atoms with Crippen molar-refractivity contribution in [1.82, 2.24) is 14.8 Å². The molecule has 1 aromatic heterocycles. The molecule has 3 aliphatic rings. The fourth-order valence-electron chi connectivity index (χ4n) is 6.85. The van der Waals surface area contributed by atoms with Crippen LogP contribution in [0.15, 0.2) is 18.3 Å². The van der Waals surface area contributed by atoms with Gasteiger partial charge in [0.05, 0.1) is 17.7 Å². The molecule has 2 aliphatic heterocycles. The number of amides is 1. The van der Waals surface area contributed by atoms with Crippen molar-refractivity contribution in [3.8, 4) is 5.75 Å². The molecule has 38 heavy (non-hydrogen) atoms. The highest BCUT2D eigenvalue weighted by Gasteiger charge is 2.66. The molecule has 2 fully saturated rings. The van der Waals surface area contributed by atoms with Gasteiger partial charge in [0.15, 0.2) is 11.6 Å². The molecule has 206 valence electrons. The van der Waals surface area contributed by atoms with Crippen LogP contribution in [0.5, 0.6) is 5.75 Å². The number of rotatable bonds is 5. The molecule has 0 radical (unpaired) electrons. The predicted octanol–water partition coefficient (Wildman–Crippen LogP) is 5.07. The van der Waals surface area contributed by atoms with E-state index >= 15 is 0 Å². The Bertz CT molecular complexity index is 1230. The maximum Gasteiger partial charge on any atom is 0.243 e. The molecule has 7 nitrogen and oxygen atoms in total. The first-order chi connectivity index (χ1) is 18.2. The standard InChI is InChI=1S/C31H43N3O4/c1-5-27(36)26-15-31-16-28(31)34(26)29(37)18-33-17-25(21(4)35)24-14-23(38-20(2)3)13-22(30(24)33)11-9-7-6-8-10-12-32-19-31/h13-14,17,20,26,28,32H,5-12,15-16,18-19H2,1-4H3/t26-,28+,31-/m0/s1. The lowest BCUT2D eigenvalue weighted by Crippen LogP contribution is -2.44. The van der Waals surface area contributed by atoms with Crippen LogP contribution in [0.4, 0.5) is 0 Å².